The second-order valence-electron chi connectivity index (χ2n) is 12.0. The number of fused-ring (bicyclic) bond motifs is 2. The Bertz CT molecular complexity index is 769. The van der Waals surface area contributed by atoms with Crippen molar-refractivity contribution < 1.29 is 14.3 Å². The van der Waals surface area contributed by atoms with Crippen molar-refractivity contribution in [1.29, 1.82) is 0 Å². The van der Waals surface area contributed by atoms with E-state index in [9.17, 15) is 9.59 Å². The van der Waals surface area contributed by atoms with E-state index < -0.39 is 10.8 Å². The zero-order valence-electron chi connectivity index (χ0n) is 19.1. The Morgan fingerprint density at radius 3 is 2.11 bits per heavy atom. The van der Waals surface area contributed by atoms with Gasteiger partial charge >= 0.3 is 0 Å². The lowest BCUT2D eigenvalue weighted by Gasteiger charge is -2.50. The van der Waals surface area contributed by atoms with Crippen LogP contribution in [0.25, 0.3) is 0 Å². The second kappa shape index (κ2) is 5.73. The maximum atomic E-state index is 13.5. The molecule has 1 spiro atoms. The highest BCUT2D eigenvalue weighted by molar-refractivity contribution is 6.19. The Kier molecular flexibility index (Phi) is 4.13. The van der Waals surface area contributed by atoms with Gasteiger partial charge in [-0.3, -0.25) is 9.59 Å². The van der Waals surface area contributed by atoms with Crippen LogP contribution in [-0.4, -0.2) is 17.2 Å². The molecule has 0 aromatic heterocycles. The van der Waals surface area contributed by atoms with Gasteiger partial charge in [0.25, 0.3) is 0 Å². The third kappa shape index (κ3) is 2.40. The molecule has 28 heavy (non-hydrogen) atoms. The third-order valence-corrected chi connectivity index (χ3v) is 8.74. The fourth-order valence-corrected chi connectivity index (χ4v) is 7.07. The van der Waals surface area contributed by atoms with Crippen molar-refractivity contribution in [3.8, 4) is 0 Å². The number of ether oxygens (including phenoxy) is 1. The van der Waals surface area contributed by atoms with Gasteiger partial charge in [0.15, 0.2) is 11.6 Å². The maximum absolute atomic E-state index is 13.5. The zero-order chi connectivity index (χ0) is 20.9. The van der Waals surface area contributed by atoms with E-state index >= 15 is 0 Å². The molecule has 0 unspecified atom stereocenters. The van der Waals surface area contributed by atoms with Crippen LogP contribution in [0.4, 0.5) is 0 Å². The highest BCUT2D eigenvalue weighted by Gasteiger charge is 2.73. The van der Waals surface area contributed by atoms with Gasteiger partial charge in [0.05, 0.1) is 10.8 Å². The van der Waals surface area contributed by atoms with Gasteiger partial charge in [-0.25, -0.2) is 0 Å². The summed E-state index contributed by atoms with van der Waals surface area (Å²) in [7, 11) is 0. The normalized spacial score (nSPS) is 40.8. The first kappa shape index (κ1) is 20.2. The number of ketones is 2. The number of Topliss-reactive ketones (excluding diaryl/α,β-unsaturated/α-hetero) is 2. The summed E-state index contributed by atoms with van der Waals surface area (Å²) in [5.74, 6) is 2.72. The summed E-state index contributed by atoms with van der Waals surface area (Å²) in [6, 6.07) is 0. The number of hydrogen-bond donors (Lipinski definition) is 0. The minimum atomic E-state index is -0.956. The van der Waals surface area contributed by atoms with E-state index in [0.29, 0.717) is 23.2 Å². The Labute approximate surface area is 170 Å². The van der Waals surface area contributed by atoms with Crippen LogP contribution in [0.1, 0.15) is 87.5 Å². The van der Waals surface area contributed by atoms with Gasteiger partial charge in [0.1, 0.15) is 11.4 Å². The molecule has 0 N–H and O–H groups in total. The lowest BCUT2D eigenvalue weighted by atomic mass is 9.59. The monoisotopic (exact) mass is 386 g/mol. The lowest BCUT2D eigenvalue weighted by molar-refractivity contribution is -0.152. The summed E-state index contributed by atoms with van der Waals surface area (Å²) in [5, 5.41) is 0. The van der Waals surface area contributed by atoms with E-state index in [1.807, 2.05) is 13.8 Å². The summed E-state index contributed by atoms with van der Waals surface area (Å²) in [4.78, 5) is 26.8. The number of carbonyl (C=O) groups is 2. The highest BCUT2D eigenvalue weighted by atomic mass is 16.5. The molecule has 1 heterocycles. The molecule has 3 aliphatic carbocycles. The van der Waals surface area contributed by atoms with Gasteiger partial charge in [-0.2, -0.15) is 0 Å². The molecule has 2 fully saturated rings. The van der Waals surface area contributed by atoms with Crippen molar-refractivity contribution in [2.45, 2.75) is 93.1 Å². The predicted molar refractivity (Wildman–Crippen MR) is 111 cm³/mol. The van der Waals surface area contributed by atoms with E-state index in [0.717, 1.165) is 30.6 Å². The Morgan fingerprint density at radius 1 is 0.964 bits per heavy atom. The largest absolute Gasteiger partial charge is 0.490 e. The van der Waals surface area contributed by atoms with Crippen LogP contribution in [0.3, 0.4) is 0 Å². The topological polar surface area (TPSA) is 43.4 Å². The standard InChI is InChI=1S/C25H38O3/c1-14(2)11-16-12-25(10-9-24(15(3)4)13-17(24)25)28-20-18(16)19(26)22(5,6)21(27)23(20,7)8/h14-17H,9-13H2,1-8H3/t16-,17-,24+,25+/m0/s1. The van der Waals surface area contributed by atoms with Crippen molar-refractivity contribution in [3.63, 3.8) is 0 Å². The fourth-order valence-electron chi connectivity index (χ4n) is 7.07. The molecule has 0 bridgehead atoms. The first-order valence-electron chi connectivity index (χ1n) is 11.3. The van der Waals surface area contributed by atoms with Crippen molar-refractivity contribution in [2.24, 2.45) is 39.9 Å². The Morgan fingerprint density at radius 2 is 1.61 bits per heavy atom. The summed E-state index contributed by atoms with van der Waals surface area (Å²) < 4.78 is 6.87. The maximum Gasteiger partial charge on any atom is 0.175 e. The average molecular weight is 387 g/mol. The summed E-state index contributed by atoms with van der Waals surface area (Å²) >= 11 is 0. The highest BCUT2D eigenvalue weighted by Crippen LogP contribution is 2.75. The lowest BCUT2D eigenvalue weighted by Crippen LogP contribution is -2.55. The van der Waals surface area contributed by atoms with Crippen LogP contribution in [-0.2, 0) is 14.3 Å². The third-order valence-electron chi connectivity index (χ3n) is 8.74. The molecule has 4 atom stereocenters. The minimum Gasteiger partial charge on any atom is -0.490 e. The van der Waals surface area contributed by atoms with Gasteiger partial charge in [-0.1, -0.05) is 27.7 Å². The van der Waals surface area contributed by atoms with Crippen LogP contribution >= 0.6 is 0 Å². The van der Waals surface area contributed by atoms with Crippen LogP contribution < -0.4 is 0 Å². The molecule has 1 aliphatic heterocycles. The number of hydrogen-bond acceptors (Lipinski definition) is 3. The molecule has 2 saturated carbocycles. The number of carbonyl (C=O) groups excluding carboxylic acids is 2. The zero-order valence-corrected chi connectivity index (χ0v) is 19.1. The number of rotatable bonds is 3. The van der Waals surface area contributed by atoms with Crippen LogP contribution in [0.15, 0.2) is 11.3 Å². The van der Waals surface area contributed by atoms with E-state index in [2.05, 4.69) is 27.7 Å². The summed E-state index contributed by atoms with van der Waals surface area (Å²) in [6.07, 6.45) is 5.49. The van der Waals surface area contributed by atoms with Gasteiger partial charge < -0.3 is 4.74 Å². The smallest absolute Gasteiger partial charge is 0.175 e. The summed E-state index contributed by atoms with van der Waals surface area (Å²) in [5.41, 5.74) is -0.582. The molecule has 156 valence electrons. The number of allylic oxidation sites excluding steroid dienone is 2. The second-order valence-corrected chi connectivity index (χ2v) is 12.0. The molecule has 0 saturated heterocycles. The van der Waals surface area contributed by atoms with Crippen molar-refractivity contribution in [3.05, 3.63) is 11.3 Å². The van der Waals surface area contributed by atoms with E-state index in [1.165, 1.54) is 12.8 Å². The molecule has 0 aromatic carbocycles. The molecule has 0 amide bonds. The Balaban J connectivity index is 1.83. The quantitative estimate of drug-likeness (QED) is 0.582. The molecule has 3 heteroatoms. The molecule has 4 rings (SSSR count). The van der Waals surface area contributed by atoms with E-state index in [4.69, 9.17) is 4.74 Å². The van der Waals surface area contributed by atoms with Crippen LogP contribution in [0.2, 0.25) is 0 Å². The molecular formula is C25H38O3. The van der Waals surface area contributed by atoms with E-state index in [-0.39, 0.29) is 23.1 Å². The molecule has 0 radical (unpaired) electrons. The minimum absolute atomic E-state index is 0.00742. The predicted octanol–water partition coefficient (Wildman–Crippen LogP) is 5.72. The van der Waals surface area contributed by atoms with Crippen molar-refractivity contribution in [1.82, 2.24) is 0 Å². The van der Waals surface area contributed by atoms with E-state index in [1.54, 1.807) is 13.8 Å². The molecule has 3 nitrogen and oxygen atoms in total. The Hall–Kier alpha value is -1.12. The van der Waals surface area contributed by atoms with Gasteiger partial charge in [-0.15, -0.1) is 0 Å². The summed E-state index contributed by atoms with van der Waals surface area (Å²) in [6.45, 7) is 16.7. The fraction of sp³-hybridized carbons (Fsp3) is 0.840. The SMILES string of the molecule is CC(C)C[C@H]1C[C@@]2(CC[C@]3(C(C)C)C[C@H]23)OC2=C1C(=O)C(C)(C)C(=O)C2(C)C. The van der Waals surface area contributed by atoms with Crippen molar-refractivity contribution >= 4 is 11.6 Å². The van der Waals surface area contributed by atoms with Crippen LogP contribution in [0, 0.1) is 39.9 Å². The van der Waals surface area contributed by atoms with Gasteiger partial charge in [0.2, 0.25) is 0 Å². The van der Waals surface area contributed by atoms with Crippen LogP contribution in [0.5, 0.6) is 0 Å². The molecule has 0 aromatic rings. The first-order chi connectivity index (χ1) is 12.8. The first-order valence-corrected chi connectivity index (χ1v) is 11.3. The molecule has 4 aliphatic rings. The van der Waals surface area contributed by atoms with Gasteiger partial charge in [-0.05, 0) is 83.0 Å². The van der Waals surface area contributed by atoms with Crippen molar-refractivity contribution in [2.75, 3.05) is 0 Å². The molecular weight excluding hydrogens is 348 g/mol. The average Bonchev–Trinajstić information content (AvgIpc) is 3.27. The van der Waals surface area contributed by atoms with Gasteiger partial charge in [0, 0.05) is 11.5 Å².